The van der Waals surface area contributed by atoms with Crippen LogP contribution in [0.5, 0.6) is 0 Å². The minimum Gasteiger partial charge on any atom is -0.137 e. The minimum absolute atomic E-state index is 0.614. The van der Waals surface area contributed by atoms with E-state index in [0.29, 0.717) is 11.8 Å². The molecule has 22 heavy (non-hydrogen) atoms. The average Bonchev–Trinajstić information content (AvgIpc) is 2.55. The summed E-state index contributed by atoms with van der Waals surface area (Å²) in [6.07, 6.45) is 8.20. The Morgan fingerprint density at radius 2 is 1.82 bits per heavy atom. The van der Waals surface area contributed by atoms with Gasteiger partial charge in [-0.1, -0.05) is 56.3 Å². The Hall–Kier alpha value is -0.700. The second-order valence-electron chi connectivity index (χ2n) is 6.67. The number of hydrogen-bond donors (Lipinski definition) is 0. The van der Waals surface area contributed by atoms with Crippen molar-refractivity contribution in [3.8, 4) is 0 Å². The summed E-state index contributed by atoms with van der Waals surface area (Å²) in [6.45, 7) is 4.65. The number of fused-ring (bicyclic) bond motifs is 3. The van der Waals surface area contributed by atoms with E-state index in [1.807, 2.05) is 0 Å². The van der Waals surface area contributed by atoms with Gasteiger partial charge in [0.1, 0.15) is 0 Å². The summed E-state index contributed by atoms with van der Waals surface area (Å²) >= 11 is 0. The largest absolute Gasteiger partial charge is 0.137 e. The summed E-state index contributed by atoms with van der Waals surface area (Å²) < 4.78 is 0. The van der Waals surface area contributed by atoms with E-state index in [1.54, 1.807) is 0 Å². The van der Waals surface area contributed by atoms with Gasteiger partial charge in [0.2, 0.25) is 0 Å². The summed E-state index contributed by atoms with van der Waals surface area (Å²) in [5, 5.41) is 2.79. The Morgan fingerprint density at radius 3 is 2.55 bits per heavy atom. The maximum absolute atomic E-state index is 2.88. The van der Waals surface area contributed by atoms with Crippen molar-refractivity contribution in [2.75, 3.05) is 12.3 Å². The highest BCUT2D eigenvalue weighted by molar-refractivity contribution is 7.17. The van der Waals surface area contributed by atoms with Gasteiger partial charge in [0.15, 0.2) is 0 Å². The van der Waals surface area contributed by atoms with Crippen LogP contribution >= 0.6 is 18.5 Å². The molecular formula is C20H26P2. The first-order valence-electron chi connectivity index (χ1n) is 8.28. The van der Waals surface area contributed by atoms with Crippen LogP contribution in [0.4, 0.5) is 0 Å². The first-order valence-corrected chi connectivity index (χ1v) is 9.91. The van der Waals surface area contributed by atoms with Crippen LogP contribution in [0, 0.1) is 11.8 Å². The molecule has 0 N–H and O–H groups in total. The molecule has 0 radical (unpaired) electrons. The molecule has 0 aromatic heterocycles. The van der Waals surface area contributed by atoms with Gasteiger partial charge in [0.05, 0.1) is 0 Å². The van der Waals surface area contributed by atoms with Crippen LogP contribution in [-0.2, 0) is 6.42 Å². The SMILES string of the molecule is CC1C=Cc2c(ccc3cc(CC(CP)CP)ccc23)C1C. The number of benzene rings is 2. The lowest BCUT2D eigenvalue weighted by Crippen LogP contribution is -2.10. The van der Waals surface area contributed by atoms with Gasteiger partial charge < -0.3 is 0 Å². The van der Waals surface area contributed by atoms with E-state index in [0.717, 1.165) is 5.92 Å². The van der Waals surface area contributed by atoms with Gasteiger partial charge in [-0.15, -0.1) is 18.5 Å². The normalized spacial score (nSPS) is 20.6. The molecular weight excluding hydrogens is 302 g/mol. The smallest absolute Gasteiger partial charge is 0.0108 e. The molecule has 2 aromatic carbocycles. The molecule has 0 nitrogen and oxygen atoms in total. The molecule has 2 aromatic rings. The van der Waals surface area contributed by atoms with Crippen LogP contribution < -0.4 is 0 Å². The molecule has 0 saturated carbocycles. The predicted octanol–water partition coefficient (Wildman–Crippen LogP) is 5.52. The topological polar surface area (TPSA) is 0 Å². The Kier molecular flexibility index (Phi) is 5.01. The van der Waals surface area contributed by atoms with Crippen molar-refractivity contribution in [3.63, 3.8) is 0 Å². The van der Waals surface area contributed by atoms with E-state index in [1.165, 1.54) is 46.2 Å². The summed E-state index contributed by atoms with van der Waals surface area (Å²) in [4.78, 5) is 0. The van der Waals surface area contributed by atoms with Crippen LogP contribution in [0.3, 0.4) is 0 Å². The van der Waals surface area contributed by atoms with Crippen LogP contribution in [0.25, 0.3) is 16.8 Å². The molecule has 2 heteroatoms. The van der Waals surface area contributed by atoms with Gasteiger partial charge in [-0.05, 0) is 64.0 Å². The van der Waals surface area contributed by atoms with E-state index in [-0.39, 0.29) is 0 Å². The van der Waals surface area contributed by atoms with Crippen molar-refractivity contribution in [1.82, 2.24) is 0 Å². The maximum Gasteiger partial charge on any atom is -0.0108 e. The van der Waals surface area contributed by atoms with Gasteiger partial charge in [-0.3, -0.25) is 0 Å². The molecule has 1 aliphatic carbocycles. The summed E-state index contributed by atoms with van der Waals surface area (Å²) in [5.41, 5.74) is 4.40. The Balaban J connectivity index is 2.01. The predicted molar refractivity (Wildman–Crippen MR) is 107 cm³/mol. The standard InChI is InChI=1S/C20H26P2/c1-13-3-6-20-18(14(13)2)8-5-17-10-15(4-7-19(17)20)9-16(11-21)12-22/h3-8,10,13-14,16H,9,11-12,21-22H2,1-2H3. The van der Waals surface area contributed by atoms with Crippen molar-refractivity contribution >= 4 is 35.3 Å². The fraction of sp³-hybridized carbons (Fsp3) is 0.400. The molecule has 0 aliphatic heterocycles. The summed E-state index contributed by atoms with van der Waals surface area (Å²) in [6, 6.07) is 11.7. The molecule has 0 amide bonds. The molecule has 4 unspecified atom stereocenters. The highest BCUT2D eigenvalue weighted by atomic mass is 31.0. The lowest BCUT2D eigenvalue weighted by Gasteiger charge is -2.25. The maximum atomic E-state index is 2.88. The van der Waals surface area contributed by atoms with E-state index in [2.05, 4.69) is 74.8 Å². The quantitative estimate of drug-likeness (QED) is 0.649. The van der Waals surface area contributed by atoms with Crippen LogP contribution in [0.2, 0.25) is 0 Å². The summed E-state index contributed by atoms with van der Waals surface area (Å²) in [7, 11) is 5.77. The molecule has 0 spiro atoms. The second-order valence-corrected chi connectivity index (χ2v) is 7.62. The molecule has 0 fully saturated rings. The number of hydrogen-bond acceptors (Lipinski definition) is 0. The molecule has 0 bridgehead atoms. The number of rotatable bonds is 4. The zero-order valence-corrected chi connectivity index (χ0v) is 15.9. The fourth-order valence-corrected chi connectivity index (χ4v) is 4.53. The molecule has 1 aliphatic rings. The zero-order valence-electron chi connectivity index (χ0n) is 13.5. The average molecular weight is 328 g/mol. The lowest BCUT2D eigenvalue weighted by molar-refractivity contribution is 0.586. The Labute approximate surface area is 139 Å². The van der Waals surface area contributed by atoms with Crippen LogP contribution in [0.15, 0.2) is 36.4 Å². The third kappa shape index (κ3) is 3.02. The second kappa shape index (κ2) is 6.82. The van der Waals surface area contributed by atoms with Crippen LogP contribution in [0.1, 0.15) is 36.5 Å². The highest BCUT2D eigenvalue weighted by Crippen LogP contribution is 2.37. The zero-order chi connectivity index (χ0) is 15.7. The fourth-order valence-electron chi connectivity index (χ4n) is 3.42. The van der Waals surface area contributed by atoms with E-state index in [4.69, 9.17) is 0 Å². The third-order valence-electron chi connectivity index (χ3n) is 5.20. The van der Waals surface area contributed by atoms with E-state index >= 15 is 0 Å². The van der Waals surface area contributed by atoms with Gasteiger partial charge in [0, 0.05) is 0 Å². The van der Waals surface area contributed by atoms with Gasteiger partial charge in [-0.25, -0.2) is 0 Å². The first-order chi connectivity index (χ1) is 10.6. The molecule has 116 valence electrons. The monoisotopic (exact) mass is 328 g/mol. The van der Waals surface area contributed by atoms with E-state index in [9.17, 15) is 0 Å². The lowest BCUT2D eigenvalue weighted by atomic mass is 9.79. The molecule has 4 atom stereocenters. The van der Waals surface area contributed by atoms with Gasteiger partial charge in [-0.2, -0.15) is 0 Å². The highest BCUT2D eigenvalue weighted by Gasteiger charge is 2.20. The van der Waals surface area contributed by atoms with Gasteiger partial charge >= 0.3 is 0 Å². The Bertz CT molecular complexity index is 698. The van der Waals surface area contributed by atoms with Crippen molar-refractivity contribution in [2.45, 2.75) is 26.2 Å². The van der Waals surface area contributed by atoms with Gasteiger partial charge in [0.25, 0.3) is 0 Å². The third-order valence-corrected chi connectivity index (χ3v) is 6.53. The minimum atomic E-state index is 0.614. The van der Waals surface area contributed by atoms with E-state index < -0.39 is 0 Å². The van der Waals surface area contributed by atoms with Crippen molar-refractivity contribution in [2.24, 2.45) is 11.8 Å². The van der Waals surface area contributed by atoms with Crippen molar-refractivity contribution in [1.29, 1.82) is 0 Å². The molecule has 3 rings (SSSR count). The number of allylic oxidation sites excluding steroid dienone is 1. The molecule has 0 heterocycles. The first kappa shape index (κ1) is 16.2. The van der Waals surface area contributed by atoms with Crippen LogP contribution in [-0.4, -0.2) is 12.3 Å². The summed E-state index contributed by atoms with van der Waals surface area (Å²) in [5.74, 6) is 1.99. The Morgan fingerprint density at radius 1 is 1.05 bits per heavy atom. The van der Waals surface area contributed by atoms with Crippen molar-refractivity contribution in [3.05, 3.63) is 53.1 Å². The van der Waals surface area contributed by atoms with Crippen molar-refractivity contribution < 1.29 is 0 Å². The molecule has 0 saturated heterocycles.